The van der Waals surface area contributed by atoms with Crippen LogP contribution >= 0.6 is 7.37 Å². The standard InChI is InChI=1S/C11H17O3P/c1-9(2)14-15(4,12)11-7-5-10(13-3)6-8-11/h5-9H,1-4H3/t15-/m0/s1. The van der Waals surface area contributed by atoms with Crippen LogP contribution in [-0.4, -0.2) is 19.9 Å². The van der Waals surface area contributed by atoms with Crippen molar-refractivity contribution >= 4 is 12.7 Å². The highest BCUT2D eigenvalue weighted by atomic mass is 31.2. The summed E-state index contributed by atoms with van der Waals surface area (Å²) in [6.07, 6.45) is -0.0389. The molecule has 15 heavy (non-hydrogen) atoms. The van der Waals surface area contributed by atoms with E-state index in [0.717, 1.165) is 11.1 Å². The van der Waals surface area contributed by atoms with Crippen LogP contribution in [0, 0.1) is 0 Å². The fraction of sp³-hybridized carbons (Fsp3) is 0.455. The first-order valence-corrected chi connectivity index (χ1v) is 6.93. The molecule has 0 unspecified atom stereocenters. The summed E-state index contributed by atoms with van der Waals surface area (Å²) in [6.45, 7) is 5.38. The molecule has 1 aromatic rings. The van der Waals surface area contributed by atoms with Crippen LogP contribution in [0.25, 0.3) is 0 Å². The molecule has 0 amide bonds. The van der Waals surface area contributed by atoms with E-state index in [-0.39, 0.29) is 6.10 Å². The third-order valence-corrected chi connectivity index (χ3v) is 4.01. The lowest BCUT2D eigenvalue weighted by Gasteiger charge is -2.17. The Morgan fingerprint density at radius 2 is 1.73 bits per heavy atom. The summed E-state index contributed by atoms with van der Waals surface area (Å²) in [5.41, 5.74) is 0. The van der Waals surface area contributed by atoms with Crippen LogP contribution in [0.3, 0.4) is 0 Å². The van der Waals surface area contributed by atoms with Gasteiger partial charge in [0.2, 0.25) is 7.37 Å². The predicted octanol–water partition coefficient (Wildman–Crippen LogP) is 2.65. The van der Waals surface area contributed by atoms with Crippen LogP contribution in [-0.2, 0) is 9.09 Å². The van der Waals surface area contributed by atoms with Crippen molar-refractivity contribution in [1.29, 1.82) is 0 Å². The minimum Gasteiger partial charge on any atom is -0.497 e. The summed E-state index contributed by atoms with van der Waals surface area (Å²) in [7, 11) is -1.08. The average Bonchev–Trinajstić information content (AvgIpc) is 2.16. The van der Waals surface area contributed by atoms with Crippen LogP contribution < -0.4 is 10.0 Å². The Kier molecular flexibility index (Phi) is 3.95. The average molecular weight is 228 g/mol. The van der Waals surface area contributed by atoms with Gasteiger partial charge in [-0.1, -0.05) is 0 Å². The Balaban J connectivity index is 2.90. The van der Waals surface area contributed by atoms with Crippen LogP contribution in [0.5, 0.6) is 5.75 Å². The number of rotatable bonds is 4. The number of hydrogen-bond acceptors (Lipinski definition) is 3. The normalized spacial score (nSPS) is 15.0. The third kappa shape index (κ3) is 3.37. The van der Waals surface area contributed by atoms with E-state index in [0.29, 0.717) is 0 Å². The van der Waals surface area contributed by atoms with E-state index < -0.39 is 7.37 Å². The van der Waals surface area contributed by atoms with Crippen LogP contribution in [0.1, 0.15) is 13.8 Å². The molecule has 0 aliphatic carbocycles. The van der Waals surface area contributed by atoms with Crippen molar-refractivity contribution in [2.24, 2.45) is 0 Å². The highest BCUT2D eigenvalue weighted by Crippen LogP contribution is 2.42. The van der Waals surface area contributed by atoms with Gasteiger partial charge in [0.25, 0.3) is 0 Å². The molecule has 1 atom stereocenters. The summed E-state index contributed by atoms with van der Waals surface area (Å²) in [5.74, 6) is 0.753. The quantitative estimate of drug-likeness (QED) is 0.743. The van der Waals surface area contributed by atoms with Gasteiger partial charge < -0.3 is 9.26 Å². The van der Waals surface area contributed by atoms with Gasteiger partial charge in [0.15, 0.2) is 0 Å². The van der Waals surface area contributed by atoms with Gasteiger partial charge in [-0.15, -0.1) is 0 Å². The second kappa shape index (κ2) is 4.82. The Morgan fingerprint density at radius 3 is 2.13 bits per heavy atom. The highest BCUT2D eigenvalue weighted by Gasteiger charge is 2.20. The van der Waals surface area contributed by atoms with Crippen molar-refractivity contribution in [3.63, 3.8) is 0 Å². The molecule has 0 aromatic heterocycles. The van der Waals surface area contributed by atoms with E-state index in [2.05, 4.69) is 0 Å². The number of methoxy groups -OCH3 is 1. The SMILES string of the molecule is COc1ccc([P@@](C)(=O)OC(C)C)cc1. The molecule has 0 heterocycles. The summed E-state index contributed by atoms with van der Waals surface area (Å²) >= 11 is 0. The van der Waals surface area contributed by atoms with Gasteiger partial charge in [0.05, 0.1) is 13.2 Å². The van der Waals surface area contributed by atoms with E-state index in [4.69, 9.17) is 9.26 Å². The minimum atomic E-state index is -2.69. The van der Waals surface area contributed by atoms with Crippen molar-refractivity contribution in [2.75, 3.05) is 13.8 Å². The summed E-state index contributed by atoms with van der Waals surface area (Å²) in [4.78, 5) is 0. The molecule has 1 rings (SSSR count). The van der Waals surface area contributed by atoms with Gasteiger partial charge in [-0.2, -0.15) is 0 Å². The molecule has 0 N–H and O–H groups in total. The summed E-state index contributed by atoms with van der Waals surface area (Å²) in [6, 6.07) is 7.13. The Labute approximate surface area is 90.9 Å². The van der Waals surface area contributed by atoms with E-state index in [1.807, 2.05) is 13.8 Å². The molecule has 0 bridgehead atoms. The Bertz CT molecular complexity index is 357. The van der Waals surface area contributed by atoms with Crippen molar-refractivity contribution in [2.45, 2.75) is 20.0 Å². The molecule has 0 saturated heterocycles. The first-order chi connectivity index (χ1) is 6.95. The third-order valence-electron chi connectivity index (χ3n) is 1.95. The van der Waals surface area contributed by atoms with E-state index in [1.54, 1.807) is 38.0 Å². The van der Waals surface area contributed by atoms with Gasteiger partial charge in [-0.3, -0.25) is 4.57 Å². The lowest BCUT2D eigenvalue weighted by Crippen LogP contribution is -2.10. The molecular weight excluding hydrogens is 211 g/mol. The van der Waals surface area contributed by atoms with Crippen LogP contribution in [0.15, 0.2) is 24.3 Å². The second-order valence-corrected chi connectivity index (χ2v) is 6.12. The largest absolute Gasteiger partial charge is 0.497 e. The zero-order valence-corrected chi connectivity index (χ0v) is 10.5. The van der Waals surface area contributed by atoms with Crippen molar-refractivity contribution in [1.82, 2.24) is 0 Å². The number of benzene rings is 1. The van der Waals surface area contributed by atoms with Crippen molar-refractivity contribution < 1.29 is 13.8 Å². The molecule has 0 spiro atoms. The Morgan fingerprint density at radius 1 is 1.20 bits per heavy atom. The summed E-state index contributed by atoms with van der Waals surface area (Å²) < 4.78 is 22.6. The zero-order valence-electron chi connectivity index (χ0n) is 9.56. The van der Waals surface area contributed by atoms with Crippen molar-refractivity contribution in [3.8, 4) is 5.75 Å². The fourth-order valence-electron chi connectivity index (χ4n) is 1.32. The molecular formula is C11H17O3P. The minimum absolute atomic E-state index is 0.0389. The van der Waals surface area contributed by atoms with Crippen LogP contribution in [0.2, 0.25) is 0 Å². The van der Waals surface area contributed by atoms with E-state index in [9.17, 15) is 4.57 Å². The van der Waals surface area contributed by atoms with Gasteiger partial charge in [0.1, 0.15) is 5.75 Å². The molecule has 84 valence electrons. The lowest BCUT2D eigenvalue weighted by molar-refractivity contribution is 0.251. The van der Waals surface area contributed by atoms with Gasteiger partial charge in [-0.05, 0) is 38.1 Å². The lowest BCUT2D eigenvalue weighted by atomic mass is 10.3. The first-order valence-electron chi connectivity index (χ1n) is 4.86. The van der Waals surface area contributed by atoms with Crippen LogP contribution in [0.4, 0.5) is 0 Å². The topological polar surface area (TPSA) is 35.5 Å². The van der Waals surface area contributed by atoms with E-state index in [1.165, 1.54) is 0 Å². The molecule has 1 aromatic carbocycles. The van der Waals surface area contributed by atoms with Gasteiger partial charge >= 0.3 is 0 Å². The maximum absolute atomic E-state index is 12.2. The molecule has 4 heteroatoms. The van der Waals surface area contributed by atoms with Crippen molar-refractivity contribution in [3.05, 3.63) is 24.3 Å². The predicted molar refractivity (Wildman–Crippen MR) is 62.4 cm³/mol. The van der Waals surface area contributed by atoms with Gasteiger partial charge in [-0.25, -0.2) is 0 Å². The highest BCUT2D eigenvalue weighted by molar-refractivity contribution is 7.66. The molecule has 0 aliphatic rings. The smallest absolute Gasteiger partial charge is 0.229 e. The zero-order chi connectivity index (χ0) is 11.5. The molecule has 0 fully saturated rings. The molecule has 3 nitrogen and oxygen atoms in total. The van der Waals surface area contributed by atoms with Gasteiger partial charge in [0, 0.05) is 12.0 Å². The molecule has 0 saturated carbocycles. The summed E-state index contributed by atoms with van der Waals surface area (Å²) in [5, 5.41) is 0.719. The molecule has 0 aliphatic heterocycles. The Hall–Kier alpha value is -0.790. The maximum atomic E-state index is 12.2. The van der Waals surface area contributed by atoms with E-state index >= 15 is 0 Å². The number of hydrogen-bond donors (Lipinski definition) is 0. The first kappa shape index (κ1) is 12.3. The number of ether oxygens (including phenoxy) is 1. The molecule has 0 radical (unpaired) electrons. The monoisotopic (exact) mass is 228 g/mol. The second-order valence-electron chi connectivity index (χ2n) is 3.70. The fourth-order valence-corrected chi connectivity index (χ4v) is 2.93. The maximum Gasteiger partial charge on any atom is 0.229 e.